The number of nitrogens with one attached hydrogen (secondary N) is 1. The molecule has 1 aromatic heterocycles. The summed E-state index contributed by atoms with van der Waals surface area (Å²) in [5, 5.41) is 4.84. The SMILES string of the molecule is Cc1ccc2sc(C3(C(C)C)CCNC3)nc2c1. The van der Waals surface area contributed by atoms with Crippen LogP contribution in [-0.2, 0) is 5.41 Å². The maximum atomic E-state index is 4.93. The number of thiazole rings is 1. The van der Waals surface area contributed by atoms with E-state index in [2.05, 4.69) is 44.3 Å². The molecule has 1 aliphatic heterocycles. The van der Waals surface area contributed by atoms with Crippen molar-refractivity contribution in [1.29, 1.82) is 0 Å². The fraction of sp³-hybridized carbons (Fsp3) is 0.533. The number of hydrogen-bond donors (Lipinski definition) is 1. The van der Waals surface area contributed by atoms with Crippen molar-refractivity contribution in [3.63, 3.8) is 0 Å². The van der Waals surface area contributed by atoms with Crippen LogP contribution in [0, 0.1) is 12.8 Å². The summed E-state index contributed by atoms with van der Waals surface area (Å²) in [5.41, 5.74) is 2.71. The third-order valence-corrected chi connectivity index (χ3v) is 5.52. The topological polar surface area (TPSA) is 24.9 Å². The summed E-state index contributed by atoms with van der Waals surface area (Å²) in [6.07, 6.45) is 1.21. The van der Waals surface area contributed by atoms with Gasteiger partial charge in [-0.1, -0.05) is 19.9 Å². The summed E-state index contributed by atoms with van der Waals surface area (Å²) in [6, 6.07) is 6.59. The Hall–Kier alpha value is -0.930. The van der Waals surface area contributed by atoms with Gasteiger partial charge in [-0.3, -0.25) is 0 Å². The first-order valence-electron chi connectivity index (χ1n) is 6.70. The summed E-state index contributed by atoms with van der Waals surface area (Å²) >= 11 is 1.88. The van der Waals surface area contributed by atoms with E-state index in [-0.39, 0.29) is 5.41 Å². The van der Waals surface area contributed by atoms with Crippen LogP contribution in [0.15, 0.2) is 18.2 Å². The molecule has 0 radical (unpaired) electrons. The Balaban J connectivity index is 2.12. The Morgan fingerprint density at radius 2 is 2.22 bits per heavy atom. The maximum Gasteiger partial charge on any atom is 0.102 e. The van der Waals surface area contributed by atoms with Gasteiger partial charge in [-0.2, -0.15) is 0 Å². The number of aryl methyl sites for hydroxylation is 1. The van der Waals surface area contributed by atoms with Crippen molar-refractivity contribution in [2.45, 2.75) is 32.6 Å². The molecule has 96 valence electrons. The van der Waals surface area contributed by atoms with Crippen molar-refractivity contribution in [1.82, 2.24) is 10.3 Å². The Kier molecular flexibility index (Phi) is 2.91. The molecule has 2 heterocycles. The second-order valence-corrected chi connectivity index (χ2v) is 6.76. The number of benzene rings is 1. The second kappa shape index (κ2) is 4.32. The Labute approximate surface area is 112 Å². The zero-order chi connectivity index (χ0) is 12.8. The van der Waals surface area contributed by atoms with E-state index in [0.29, 0.717) is 5.92 Å². The fourth-order valence-electron chi connectivity index (χ4n) is 2.88. The zero-order valence-electron chi connectivity index (χ0n) is 11.3. The van der Waals surface area contributed by atoms with E-state index in [0.717, 1.165) is 13.1 Å². The van der Waals surface area contributed by atoms with E-state index >= 15 is 0 Å². The van der Waals surface area contributed by atoms with Crippen LogP contribution in [-0.4, -0.2) is 18.1 Å². The zero-order valence-corrected chi connectivity index (χ0v) is 12.1. The highest BCUT2D eigenvalue weighted by molar-refractivity contribution is 7.18. The molecule has 1 unspecified atom stereocenters. The Morgan fingerprint density at radius 3 is 2.89 bits per heavy atom. The van der Waals surface area contributed by atoms with Gasteiger partial charge in [0.25, 0.3) is 0 Å². The molecule has 0 bridgehead atoms. The maximum absolute atomic E-state index is 4.93. The summed E-state index contributed by atoms with van der Waals surface area (Å²) in [6.45, 7) is 8.97. The minimum absolute atomic E-state index is 0.248. The highest BCUT2D eigenvalue weighted by Gasteiger charge is 2.41. The minimum atomic E-state index is 0.248. The molecule has 2 nitrogen and oxygen atoms in total. The van der Waals surface area contributed by atoms with Gasteiger partial charge in [0.2, 0.25) is 0 Å². The summed E-state index contributed by atoms with van der Waals surface area (Å²) in [4.78, 5) is 4.93. The fourth-order valence-corrected chi connectivity index (χ4v) is 4.19. The molecule has 0 aliphatic carbocycles. The van der Waals surface area contributed by atoms with Gasteiger partial charge in [0.15, 0.2) is 0 Å². The van der Waals surface area contributed by atoms with Gasteiger partial charge in [0.1, 0.15) is 5.01 Å². The lowest BCUT2D eigenvalue weighted by molar-refractivity contribution is 0.336. The van der Waals surface area contributed by atoms with Crippen molar-refractivity contribution in [2.24, 2.45) is 5.92 Å². The quantitative estimate of drug-likeness (QED) is 0.894. The van der Waals surface area contributed by atoms with E-state index in [9.17, 15) is 0 Å². The number of nitrogens with zero attached hydrogens (tertiary/aromatic N) is 1. The molecule has 1 atom stereocenters. The van der Waals surface area contributed by atoms with E-state index < -0.39 is 0 Å². The average molecular weight is 260 g/mol. The van der Waals surface area contributed by atoms with Crippen LogP contribution in [0.1, 0.15) is 30.8 Å². The third-order valence-electron chi connectivity index (χ3n) is 4.26. The Morgan fingerprint density at radius 1 is 1.39 bits per heavy atom. The molecule has 0 spiro atoms. The van der Waals surface area contributed by atoms with Gasteiger partial charge in [0.05, 0.1) is 10.2 Å². The van der Waals surface area contributed by atoms with Crippen molar-refractivity contribution < 1.29 is 0 Å². The molecule has 1 fully saturated rings. The molecule has 1 aliphatic rings. The smallest absolute Gasteiger partial charge is 0.102 e. The van der Waals surface area contributed by atoms with Crippen LogP contribution in [0.3, 0.4) is 0 Å². The summed E-state index contributed by atoms with van der Waals surface area (Å²) in [7, 11) is 0. The molecule has 3 rings (SSSR count). The molecule has 1 N–H and O–H groups in total. The lowest BCUT2D eigenvalue weighted by atomic mass is 9.77. The first-order chi connectivity index (χ1) is 8.62. The van der Waals surface area contributed by atoms with E-state index in [1.54, 1.807) is 0 Å². The van der Waals surface area contributed by atoms with Crippen LogP contribution in [0.2, 0.25) is 0 Å². The number of aromatic nitrogens is 1. The van der Waals surface area contributed by atoms with Crippen LogP contribution in [0.5, 0.6) is 0 Å². The summed E-state index contributed by atoms with van der Waals surface area (Å²) < 4.78 is 1.32. The molecule has 0 amide bonds. The van der Waals surface area contributed by atoms with Crippen molar-refractivity contribution in [2.75, 3.05) is 13.1 Å². The van der Waals surface area contributed by atoms with Gasteiger partial charge in [-0.15, -0.1) is 11.3 Å². The lowest BCUT2D eigenvalue weighted by Crippen LogP contribution is -2.34. The van der Waals surface area contributed by atoms with Gasteiger partial charge < -0.3 is 5.32 Å². The van der Waals surface area contributed by atoms with Gasteiger partial charge >= 0.3 is 0 Å². The van der Waals surface area contributed by atoms with Gasteiger partial charge in [0, 0.05) is 12.0 Å². The average Bonchev–Trinajstić information content (AvgIpc) is 2.94. The molecule has 18 heavy (non-hydrogen) atoms. The van der Waals surface area contributed by atoms with E-state index in [4.69, 9.17) is 4.98 Å². The van der Waals surface area contributed by atoms with Crippen molar-refractivity contribution >= 4 is 21.6 Å². The highest BCUT2D eigenvalue weighted by Crippen LogP contribution is 2.41. The number of rotatable bonds is 2. The van der Waals surface area contributed by atoms with Crippen LogP contribution < -0.4 is 5.32 Å². The molecular weight excluding hydrogens is 240 g/mol. The largest absolute Gasteiger partial charge is 0.316 e. The van der Waals surface area contributed by atoms with E-state index in [1.807, 2.05) is 11.3 Å². The van der Waals surface area contributed by atoms with Crippen LogP contribution in [0.25, 0.3) is 10.2 Å². The number of hydrogen-bond acceptors (Lipinski definition) is 3. The second-order valence-electron chi connectivity index (χ2n) is 5.73. The minimum Gasteiger partial charge on any atom is -0.316 e. The molecule has 1 saturated heterocycles. The van der Waals surface area contributed by atoms with Gasteiger partial charge in [-0.25, -0.2) is 4.98 Å². The summed E-state index contributed by atoms with van der Waals surface area (Å²) in [5.74, 6) is 0.633. The van der Waals surface area contributed by atoms with Gasteiger partial charge in [-0.05, 0) is 43.5 Å². The van der Waals surface area contributed by atoms with Crippen molar-refractivity contribution in [3.8, 4) is 0 Å². The Bertz CT molecular complexity index is 565. The molecule has 1 aromatic carbocycles. The first kappa shape index (κ1) is 12.1. The van der Waals surface area contributed by atoms with Crippen LogP contribution >= 0.6 is 11.3 Å². The lowest BCUT2D eigenvalue weighted by Gasteiger charge is -2.30. The predicted octanol–water partition coefficient (Wildman–Crippen LogP) is 3.49. The van der Waals surface area contributed by atoms with E-state index in [1.165, 1.54) is 27.2 Å². The van der Waals surface area contributed by atoms with Crippen LogP contribution in [0.4, 0.5) is 0 Å². The monoisotopic (exact) mass is 260 g/mol. The third kappa shape index (κ3) is 1.77. The molecule has 0 saturated carbocycles. The van der Waals surface area contributed by atoms with Crippen molar-refractivity contribution in [3.05, 3.63) is 28.8 Å². The number of fused-ring (bicyclic) bond motifs is 1. The highest BCUT2D eigenvalue weighted by atomic mass is 32.1. The molecule has 3 heteroatoms. The normalized spacial score (nSPS) is 24.2. The molecular formula is C15H20N2S. The molecule has 2 aromatic rings. The predicted molar refractivity (Wildman–Crippen MR) is 78.4 cm³/mol. The standard InChI is InChI=1S/C15H20N2S/c1-10(2)15(6-7-16-9-15)14-17-12-8-11(3)4-5-13(12)18-14/h4-5,8,10,16H,6-7,9H2,1-3H3. The first-order valence-corrected chi connectivity index (χ1v) is 7.52.